The zero-order valence-corrected chi connectivity index (χ0v) is 15.4. The van der Waals surface area contributed by atoms with Crippen molar-refractivity contribution in [2.45, 2.75) is 31.1 Å². The minimum Gasteiger partial charge on any atom is -0.356 e. The topological polar surface area (TPSA) is 106 Å². The summed E-state index contributed by atoms with van der Waals surface area (Å²) in [6.45, 7) is 2.36. The number of benzene rings is 2. The van der Waals surface area contributed by atoms with Gasteiger partial charge in [-0.05, 0) is 31.0 Å². The quantitative estimate of drug-likeness (QED) is 0.689. The standard InChI is InChI=1S/C19H22N2O4S/c1-14-2-6-16(7-3-14)18(22)10-11-19(23)21-13-12-15-4-8-17(9-5-15)26(20,24)25/h2-9H,10-13H2,1H3,(H,21,23)(H2,20,24,25). The molecule has 0 atom stereocenters. The highest BCUT2D eigenvalue weighted by atomic mass is 32.2. The molecule has 0 saturated carbocycles. The first kappa shape index (κ1) is 19.8. The molecule has 2 aromatic carbocycles. The SMILES string of the molecule is Cc1ccc(C(=O)CCC(=O)NCCc2ccc(S(N)(=O)=O)cc2)cc1. The molecular weight excluding hydrogens is 352 g/mol. The molecule has 26 heavy (non-hydrogen) atoms. The van der Waals surface area contributed by atoms with Gasteiger partial charge in [-0.3, -0.25) is 9.59 Å². The van der Waals surface area contributed by atoms with Crippen molar-refractivity contribution < 1.29 is 18.0 Å². The number of primary sulfonamides is 1. The third-order valence-corrected chi connectivity index (χ3v) is 4.87. The Bertz CT molecular complexity index is 873. The van der Waals surface area contributed by atoms with E-state index in [4.69, 9.17) is 5.14 Å². The predicted octanol–water partition coefficient (Wildman–Crippen LogP) is 1.96. The van der Waals surface area contributed by atoms with Gasteiger partial charge in [0.05, 0.1) is 4.90 Å². The third-order valence-electron chi connectivity index (χ3n) is 3.94. The Labute approximate surface area is 153 Å². The lowest BCUT2D eigenvalue weighted by Crippen LogP contribution is -2.26. The largest absolute Gasteiger partial charge is 0.356 e. The van der Waals surface area contributed by atoms with Crippen molar-refractivity contribution in [1.29, 1.82) is 0 Å². The molecule has 0 aromatic heterocycles. The number of carbonyl (C=O) groups is 2. The molecule has 0 aliphatic heterocycles. The normalized spacial score (nSPS) is 11.2. The zero-order valence-electron chi connectivity index (χ0n) is 14.6. The van der Waals surface area contributed by atoms with E-state index in [2.05, 4.69) is 5.32 Å². The van der Waals surface area contributed by atoms with E-state index in [9.17, 15) is 18.0 Å². The lowest BCUT2D eigenvalue weighted by atomic mass is 10.0. The maximum atomic E-state index is 12.0. The van der Waals surface area contributed by atoms with Crippen LogP contribution in [-0.4, -0.2) is 26.7 Å². The first-order valence-corrected chi connectivity index (χ1v) is 9.78. The lowest BCUT2D eigenvalue weighted by molar-refractivity contribution is -0.121. The second-order valence-electron chi connectivity index (χ2n) is 6.08. The van der Waals surface area contributed by atoms with Gasteiger partial charge in [-0.1, -0.05) is 42.0 Å². The minimum absolute atomic E-state index is 0.0555. The Morgan fingerprint density at radius 1 is 0.962 bits per heavy atom. The number of ketones is 1. The van der Waals surface area contributed by atoms with Crippen LogP contribution in [-0.2, 0) is 21.2 Å². The van der Waals surface area contributed by atoms with Crippen LogP contribution >= 0.6 is 0 Å². The molecule has 138 valence electrons. The number of amides is 1. The molecule has 0 radical (unpaired) electrons. The smallest absolute Gasteiger partial charge is 0.238 e. The molecule has 7 heteroatoms. The van der Waals surface area contributed by atoms with Crippen LogP contribution in [0.2, 0.25) is 0 Å². The summed E-state index contributed by atoms with van der Waals surface area (Å²) in [4.78, 5) is 23.9. The molecule has 1 amide bonds. The molecule has 0 fully saturated rings. The fourth-order valence-electron chi connectivity index (χ4n) is 2.39. The van der Waals surface area contributed by atoms with Gasteiger partial charge in [0.2, 0.25) is 15.9 Å². The Morgan fingerprint density at radius 3 is 2.15 bits per heavy atom. The van der Waals surface area contributed by atoms with Crippen molar-refractivity contribution in [3.05, 3.63) is 65.2 Å². The molecule has 0 heterocycles. The number of hydrogen-bond acceptors (Lipinski definition) is 4. The van der Waals surface area contributed by atoms with Crippen molar-refractivity contribution in [3.8, 4) is 0 Å². The summed E-state index contributed by atoms with van der Waals surface area (Å²) in [6.07, 6.45) is 0.859. The van der Waals surface area contributed by atoms with E-state index in [0.717, 1.165) is 11.1 Å². The molecule has 0 aliphatic carbocycles. The van der Waals surface area contributed by atoms with Gasteiger partial charge in [-0.25, -0.2) is 13.6 Å². The first-order valence-electron chi connectivity index (χ1n) is 8.24. The van der Waals surface area contributed by atoms with E-state index in [0.29, 0.717) is 18.5 Å². The summed E-state index contributed by atoms with van der Waals surface area (Å²) in [5.74, 6) is -0.245. The van der Waals surface area contributed by atoms with Crippen LogP contribution in [0.15, 0.2) is 53.4 Å². The highest BCUT2D eigenvalue weighted by Gasteiger charge is 2.09. The van der Waals surface area contributed by atoms with Crippen molar-refractivity contribution in [2.75, 3.05) is 6.54 Å². The number of nitrogens with one attached hydrogen (secondary N) is 1. The molecule has 3 N–H and O–H groups in total. The number of carbonyl (C=O) groups excluding carboxylic acids is 2. The van der Waals surface area contributed by atoms with Crippen LogP contribution in [0, 0.1) is 6.92 Å². The summed E-state index contributed by atoms with van der Waals surface area (Å²) in [6, 6.07) is 13.5. The summed E-state index contributed by atoms with van der Waals surface area (Å²) >= 11 is 0. The maximum Gasteiger partial charge on any atom is 0.238 e. The molecule has 0 aliphatic rings. The molecule has 2 aromatic rings. The van der Waals surface area contributed by atoms with E-state index in [1.165, 1.54) is 12.1 Å². The number of aryl methyl sites for hydroxylation is 1. The summed E-state index contributed by atoms with van der Waals surface area (Å²) in [5.41, 5.74) is 2.57. The molecule has 0 unspecified atom stereocenters. The van der Waals surface area contributed by atoms with Gasteiger partial charge >= 0.3 is 0 Å². The molecular formula is C19H22N2O4S. The summed E-state index contributed by atoms with van der Waals surface area (Å²) < 4.78 is 22.4. The number of Topliss-reactive ketones (excluding diaryl/α,β-unsaturated/α-hetero) is 1. The monoisotopic (exact) mass is 374 g/mol. The van der Waals surface area contributed by atoms with Gasteiger partial charge in [0, 0.05) is 24.9 Å². The molecule has 0 bridgehead atoms. The number of rotatable bonds is 8. The molecule has 2 rings (SSSR count). The Morgan fingerprint density at radius 2 is 1.58 bits per heavy atom. The van der Waals surface area contributed by atoms with E-state index < -0.39 is 10.0 Å². The van der Waals surface area contributed by atoms with E-state index in [1.807, 2.05) is 19.1 Å². The average Bonchev–Trinajstić information content (AvgIpc) is 2.60. The highest BCUT2D eigenvalue weighted by Crippen LogP contribution is 2.09. The van der Waals surface area contributed by atoms with E-state index >= 15 is 0 Å². The highest BCUT2D eigenvalue weighted by molar-refractivity contribution is 7.89. The van der Waals surface area contributed by atoms with Crippen LogP contribution in [0.25, 0.3) is 0 Å². The predicted molar refractivity (Wildman–Crippen MR) is 99.3 cm³/mol. The van der Waals surface area contributed by atoms with E-state index in [-0.39, 0.29) is 29.4 Å². The average molecular weight is 374 g/mol. The van der Waals surface area contributed by atoms with Gasteiger partial charge in [0.1, 0.15) is 0 Å². The minimum atomic E-state index is -3.70. The third kappa shape index (κ3) is 6.09. The fraction of sp³-hybridized carbons (Fsp3) is 0.263. The first-order chi connectivity index (χ1) is 12.3. The van der Waals surface area contributed by atoms with Crippen LogP contribution in [0.1, 0.15) is 34.3 Å². The van der Waals surface area contributed by atoms with Gasteiger partial charge in [-0.2, -0.15) is 0 Å². The fourth-order valence-corrected chi connectivity index (χ4v) is 2.91. The van der Waals surface area contributed by atoms with Crippen LogP contribution in [0.5, 0.6) is 0 Å². The van der Waals surface area contributed by atoms with Crippen LogP contribution in [0.3, 0.4) is 0 Å². The van der Waals surface area contributed by atoms with E-state index in [1.54, 1.807) is 24.3 Å². The van der Waals surface area contributed by atoms with Gasteiger partial charge in [0.15, 0.2) is 5.78 Å². The van der Waals surface area contributed by atoms with Crippen molar-refractivity contribution in [2.24, 2.45) is 5.14 Å². The maximum absolute atomic E-state index is 12.0. The van der Waals surface area contributed by atoms with Crippen LogP contribution in [0.4, 0.5) is 0 Å². The Balaban J connectivity index is 1.73. The number of hydrogen-bond donors (Lipinski definition) is 2. The second kappa shape index (κ2) is 8.73. The van der Waals surface area contributed by atoms with Gasteiger partial charge in [-0.15, -0.1) is 0 Å². The number of sulfonamides is 1. The van der Waals surface area contributed by atoms with Crippen molar-refractivity contribution in [3.63, 3.8) is 0 Å². The van der Waals surface area contributed by atoms with Gasteiger partial charge in [0.25, 0.3) is 0 Å². The van der Waals surface area contributed by atoms with Crippen LogP contribution < -0.4 is 10.5 Å². The Hall–Kier alpha value is -2.51. The Kier molecular flexibility index (Phi) is 6.65. The molecule has 0 spiro atoms. The lowest BCUT2D eigenvalue weighted by Gasteiger charge is -2.06. The number of nitrogens with two attached hydrogens (primary N) is 1. The molecule has 6 nitrogen and oxygen atoms in total. The summed E-state index contributed by atoms with van der Waals surface area (Å²) in [7, 11) is -3.70. The second-order valence-corrected chi connectivity index (χ2v) is 7.64. The van der Waals surface area contributed by atoms with Crippen molar-refractivity contribution in [1.82, 2.24) is 5.32 Å². The van der Waals surface area contributed by atoms with Crippen molar-refractivity contribution >= 4 is 21.7 Å². The molecule has 0 saturated heterocycles. The summed E-state index contributed by atoms with van der Waals surface area (Å²) in [5, 5.41) is 7.80. The zero-order chi connectivity index (χ0) is 19.2. The van der Waals surface area contributed by atoms with Gasteiger partial charge < -0.3 is 5.32 Å².